The quantitative estimate of drug-likeness (QED) is 0.658. The molecule has 1 aromatic rings. The first-order valence-electron chi connectivity index (χ1n) is 6.77. The second-order valence-corrected chi connectivity index (χ2v) is 5.15. The number of benzene rings is 1. The van der Waals surface area contributed by atoms with Gasteiger partial charge < -0.3 is 10.2 Å². The lowest BCUT2D eigenvalue weighted by atomic mass is 10.1. The zero-order chi connectivity index (χ0) is 14.5. The van der Waals surface area contributed by atoms with Crippen LogP contribution in [-0.4, -0.2) is 35.5 Å². The van der Waals surface area contributed by atoms with Crippen LogP contribution >= 0.6 is 0 Å². The molecule has 1 unspecified atom stereocenters. The lowest BCUT2D eigenvalue weighted by molar-refractivity contribution is -0.385. The molecule has 1 atom stereocenters. The summed E-state index contributed by atoms with van der Waals surface area (Å²) in [5.74, 6) is 0. The van der Waals surface area contributed by atoms with E-state index < -0.39 is 4.92 Å². The van der Waals surface area contributed by atoms with Crippen LogP contribution in [0, 0.1) is 21.4 Å². The van der Waals surface area contributed by atoms with E-state index in [1.54, 1.807) is 6.07 Å². The van der Waals surface area contributed by atoms with Gasteiger partial charge in [0, 0.05) is 24.3 Å². The molecule has 0 aliphatic carbocycles. The maximum Gasteiger partial charge on any atom is 0.289 e. The van der Waals surface area contributed by atoms with Gasteiger partial charge in [-0.25, -0.2) is 0 Å². The predicted molar refractivity (Wildman–Crippen MR) is 76.6 cm³/mol. The highest BCUT2D eigenvalue weighted by atomic mass is 16.6. The Morgan fingerprint density at radius 2 is 2.20 bits per heavy atom. The van der Waals surface area contributed by atoms with Crippen LogP contribution in [0.5, 0.6) is 0 Å². The van der Waals surface area contributed by atoms with Gasteiger partial charge in [-0.3, -0.25) is 10.1 Å². The molecule has 0 bridgehead atoms. The topological polar surface area (TPSA) is 82.2 Å². The van der Waals surface area contributed by atoms with E-state index >= 15 is 0 Å². The van der Waals surface area contributed by atoms with Crippen LogP contribution in [0.15, 0.2) is 18.2 Å². The molecule has 1 saturated heterocycles. The molecule has 1 fully saturated rings. The molecule has 0 saturated carbocycles. The fourth-order valence-corrected chi connectivity index (χ4v) is 2.55. The van der Waals surface area contributed by atoms with Gasteiger partial charge >= 0.3 is 0 Å². The fourth-order valence-electron chi connectivity index (χ4n) is 2.55. The van der Waals surface area contributed by atoms with E-state index in [0.717, 1.165) is 19.6 Å². The SMILES string of the molecule is CC(CN1CCCC1)Nc1ccc(C#N)c([N+](=O)[O-])c1. The van der Waals surface area contributed by atoms with Crippen molar-refractivity contribution in [3.8, 4) is 6.07 Å². The van der Waals surface area contributed by atoms with E-state index in [2.05, 4.69) is 17.1 Å². The van der Waals surface area contributed by atoms with Gasteiger partial charge in [0.05, 0.1) is 4.92 Å². The highest BCUT2D eigenvalue weighted by Gasteiger charge is 2.17. The Bertz CT molecular complexity index is 532. The van der Waals surface area contributed by atoms with Gasteiger partial charge in [-0.05, 0) is 45.0 Å². The smallest absolute Gasteiger partial charge is 0.289 e. The lowest BCUT2D eigenvalue weighted by Gasteiger charge is -2.22. The summed E-state index contributed by atoms with van der Waals surface area (Å²) < 4.78 is 0. The summed E-state index contributed by atoms with van der Waals surface area (Å²) in [4.78, 5) is 12.8. The molecule has 0 amide bonds. The first kappa shape index (κ1) is 14.3. The summed E-state index contributed by atoms with van der Waals surface area (Å²) in [6, 6.07) is 6.68. The molecule has 1 N–H and O–H groups in total. The molecule has 1 heterocycles. The minimum Gasteiger partial charge on any atom is -0.381 e. The van der Waals surface area contributed by atoms with Crippen LogP contribution in [0.2, 0.25) is 0 Å². The number of nitro groups is 1. The first-order chi connectivity index (χ1) is 9.60. The van der Waals surface area contributed by atoms with Crippen LogP contribution in [-0.2, 0) is 0 Å². The van der Waals surface area contributed by atoms with Crippen molar-refractivity contribution in [2.45, 2.75) is 25.8 Å². The van der Waals surface area contributed by atoms with Crippen molar-refractivity contribution in [1.29, 1.82) is 5.26 Å². The molecule has 106 valence electrons. The monoisotopic (exact) mass is 274 g/mol. The molecule has 0 spiro atoms. The third-order valence-electron chi connectivity index (χ3n) is 3.46. The number of nitro benzene ring substituents is 1. The minimum atomic E-state index is -0.519. The van der Waals surface area contributed by atoms with Crippen molar-refractivity contribution < 1.29 is 4.92 Å². The van der Waals surface area contributed by atoms with Gasteiger partial charge in [0.25, 0.3) is 5.69 Å². The van der Waals surface area contributed by atoms with Crippen molar-refractivity contribution in [3.05, 3.63) is 33.9 Å². The highest BCUT2D eigenvalue weighted by Crippen LogP contribution is 2.23. The van der Waals surface area contributed by atoms with Crippen LogP contribution in [0.1, 0.15) is 25.3 Å². The molecular formula is C14H18N4O2. The maximum absolute atomic E-state index is 10.9. The van der Waals surface area contributed by atoms with E-state index in [9.17, 15) is 10.1 Å². The lowest BCUT2D eigenvalue weighted by Crippen LogP contribution is -2.32. The van der Waals surface area contributed by atoms with Crippen molar-refractivity contribution in [2.24, 2.45) is 0 Å². The number of nitrogens with zero attached hydrogens (tertiary/aromatic N) is 3. The van der Waals surface area contributed by atoms with Crippen LogP contribution in [0.25, 0.3) is 0 Å². The third kappa shape index (κ3) is 3.45. The summed E-state index contributed by atoms with van der Waals surface area (Å²) in [5, 5.41) is 23.0. The molecule has 0 aromatic heterocycles. The number of nitrogens with one attached hydrogen (secondary N) is 1. The first-order valence-corrected chi connectivity index (χ1v) is 6.77. The van der Waals surface area contributed by atoms with Gasteiger partial charge in [0.2, 0.25) is 0 Å². The largest absolute Gasteiger partial charge is 0.381 e. The molecule has 1 aliphatic heterocycles. The van der Waals surface area contributed by atoms with Gasteiger partial charge in [-0.15, -0.1) is 0 Å². The van der Waals surface area contributed by atoms with Crippen LogP contribution in [0.4, 0.5) is 11.4 Å². The van der Waals surface area contributed by atoms with Crippen molar-refractivity contribution in [2.75, 3.05) is 25.0 Å². The molecule has 1 aromatic carbocycles. The summed E-state index contributed by atoms with van der Waals surface area (Å²) in [7, 11) is 0. The Balaban J connectivity index is 2.03. The molecule has 2 rings (SSSR count). The number of rotatable bonds is 5. The van der Waals surface area contributed by atoms with Crippen molar-refractivity contribution in [3.63, 3.8) is 0 Å². The van der Waals surface area contributed by atoms with Gasteiger partial charge in [0.1, 0.15) is 11.6 Å². The Kier molecular flexibility index (Phi) is 4.53. The molecule has 1 aliphatic rings. The minimum absolute atomic E-state index is 0.0905. The Morgan fingerprint density at radius 1 is 1.50 bits per heavy atom. The Labute approximate surface area is 118 Å². The van der Waals surface area contributed by atoms with Crippen LogP contribution < -0.4 is 5.32 Å². The van der Waals surface area contributed by atoms with E-state index in [0.29, 0.717) is 5.69 Å². The third-order valence-corrected chi connectivity index (χ3v) is 3.46. The Morgan fingerprint density at radius 3 is 2.80 bits per heavy atom. The van der Waals surface area contributed by atoms with E-state index in [1.807, 2.05) is 6.07 Å². The van der Waals surface area contributed by atoms with E-state index in [4.69, 9.17) is 5.26 Å². The van der Waals surface area contributed by atoms with Gasteiger partial charge in [0.15, 0.2) is 0 Å². The summed E-state index contributed by atoms with van der Waals surface area (Å²) >= 11 is 0. The predicted octanol–water partition coefficient (Wildman–Crippen LogP) is 2.36. The second kappa shape index (κ2) is 6.35. The highest BCUT2D eigenvalue weighted by molar-refractivity contribution is 5.59. The number of likely N-dealkylation sites (tertiary alicyclic amines) is 1. The molecule has 6 nitrogen and oxygen atoms in total. The fraction of sp³-hybridized carbons (Fsp3) is 0.500. The number of hydrogen-bond donors (Lipinski definition) is 1. The molecule has 0 radical (unpaired) electrons. The zero-order valence-corrected chi connectivity index (χ0v) is 11.5. The Hall–Kier alpha value is -2.13. The zero-order valence-electron chi connectivity index (χ0n) is 11.5. The maximum atomic E-state index is 10.9. The standard InChI is InChI=1S/C14H18N4O2/c1-11(10-17-6-2-3-7-17)16-13-5-4-12(9-15)14(8-13)18(19)20/h4-5,8,11,16H,2-3,6-7,10H2,1H3. The van der Waals surface area contributed by atoms with Gasteiger partial charge in [-0.2, -0.15) is 5.26 Å². The average Bonchev–Trinajstić information content (AvgIpc) is 2.91. The second-order valence-electron chi connectivity index (χ2n) is 5.15. The molecule has 6 heteroatoms. The summed E-state index contributed by atoms with van der Waals surface area (Å²) in [6.45, 7) is 5.23. The van der Waals surface area contributed by atoms with E-state index in [1.165, 1.54) is 25.0 Å². The number of hydrogen-bond acceptors (Lipinski definition) is 5. The van der Waals surface area contributed by atoms with E-state index in [-0.39, 0.29) is 17.3 Å². The van der Waals surface area contributed by atoms with Crippen molar-refractivity contribution in [1.82, 2.24) is 4.90 Å². The average molecular weight is 274 g/mol. The van der Waals surface area contributed by atoms with Gasteiger partial charge in [-0.1, -0.05) is 0 Å². The van der Waals surface area contributed by atoms with Crippen molar-refractivity contribution >= 4 is 11.4 Å². The normalized spacial score (nSPS) is 16.6. The summed E-state index contributed by atoms with van der Waals surface area (Å²) in [5.41, 5.74) is 0.626. The summed E-state index contributed by atoms with van der Waals surface area (Å²) in [6.07, 6.45) is 2.49. The number of nitriles is 1. The number of anilines is 1. The molecular weight excluding hydrogens is 256 g/mol. The van der Waals surface area contributed by atoms with Crippen LogP contribution in [0.3, 0.4) is 0 Å². The molecule has 20 heavy (non-hydrogen) atoms.